The van der Waals surface area contributed by atoms with Gasteiger partial charge in [0.25, 0.3) is 0 Å². The second-order valence-corrected chi connectivity index (χ2v) is 14.1. The van der Waals surface area contributed by atoms with Crippen LogP contribution in [0.5, 0.6) is 0 Å². The predicted octanol–water partition coefficient (Wildman–Crippen LogP) is 3.10. The van der Waals surface area contributed by atoms with E-state index in [-0.39, 0.29) is 18.3 Å². The van der Waals surface area contributed by atoms with Crippen LogP contribution in [0.1, 0.15) is 31.2 Å². The smallest absolute Gasteiger partial charge is 0.190 e. The third-order valence-electron chi connectivity index (χ3n) is 5.25. The summed E-state index contributed by atoms with van der Waals surface area (Å²) >= 11 is 0. The number of aromatic nitrogens is 2. The van der Waals surface area contributed by atoms with Crippen LogP contribution in [-0.2, 0) is 32.6 Å². The molecule has 3 heterocycles. The highest BCUT2D eigenvalue weighted by Gasteiger charge is 2.56. The van der Waals surface area contributed by atoms with Crippen molar-refractivity contribution >= 4 is 13.4 Å². The number of hydrogen-bond acceptors (Lipinski definition) is 5. The van der Waals surface area contributed by atoms with E-state index < -0.39 is 20.2 Å². The lowest BCUT2D eigenvalue weighted by Crippen LogP contribution is -2.39. The first-order valence-electron chi connectivity index (χ1n) is 9.85. The molecule has 2 saturated heterocycles. The number of hydrogen-bond donors (Lipinski definition) is 0. The Hall–Kier alpha value is -1.51. The van der Waals surface area contributed by atoms with E-state index in [1.165, 1.54) is 0 Å². The summed E-state index contributed by atoms with van der Waals surface area (Å²) in [6, 6.07) is 12.3. The summed E-state index contributed by atoms with van der Waals surface area (Å²) in [5, 5.41) is 5.92. The molecule has 1 aromatic heterocycles. The SMILES string of the molecule is Cn1nc([Si](C)(C)C)cc1[C@H]1O[C@@H]2OC(C)(C)O[C@@H]2[C@@H]1OCc1ccccc1. The number of ether oxygens (including phenoxy) is 4. The first-order chi connectivity index (χ1) is 13.1. The van der Waals surface area contributed by atoms with Gasteiger partial charge in [-0.3, -0.25) is 4.68 Å². The van der Waals surface area contributed by atoms with Crippen LogP contribution >= 0.6 is 0 Å². The van der Waals surface area contributed by atoms with Gasteiger partial charge in [0.2, 0.25) is 0 Å². The quantitative estimate of drug-likeness (QED) is 0.720. The van der Waals surface area contributed by atoms with Crippen molar-refractivity contribution in [2.45, 2.75) is 70.5 Å². The molecule has 1 aromatic carbocycles. The van der Waals surface area contributed by atoms with Crippen molar-refractivity contribution in [1.29, 1.82) is 0 Å². The molecule has 7 heteroatoms. The normalized spacial score (nSPS) is 29.2. The molecule has 0 unspecified atom stereocenters. The molecule has 0 saturated carbocycles. The van der Waals surface area contributed by atoms with E-state index in [0.717, 1.165) is 16.6 Å². The number of nitrogens with zero attached hydrogens (tertiary/aromatic N) is 2. The zero-order valence-corrected chi connectivity index (χ0v) is 18.5. The number of benzene rings is 1. The highest BCUT2D eigenvalue weighted by molar-refractivity contribution is 6.88. The molecule has 0 radical (unpaired) electrons. The summed E-state index contributed by atoms with van der Waals surface area (Å²) in [4.78, 5) is 0. The van der Waals surface area contributed by atoms with Gasteiger partial charge in [-0.05, 0) is 25.5 Å². The molecule has 0 spiro atoms. The highest BCUT2D eigenvalue weighted by atomic mass is 28.3. The molecule has 2 aliphatic heterocycles. The Morgan fingerprint density at radius 1 is 1.14 bits per heavy atom. The molecule has 0 amide bonds. The highest BCUT2D eigenvalue weighted by Crippen LogP contribution is 2.44. The Labute approximate surface area is 167 Å². The van der Waals surface area contributed by atoms with Crippen molar-refractivity contribution in [2.75, 3.05) is 0 Å². The molecular weight excluding hydrogens is 372 g/mol. The number of aryl methyl sites for hydroxylation is 1. The molecule has 6 nitrogen and oxygen atoms in total. The minimum atomic E-state index is -1.53. The molecule has 4 atom stereocenters. The fourth-order valence-electron chi connectivity index (χ4n) is 3.78. The minimum absolute atomic E-state index is 0.267. The van der Waals surface area contributed by atoms with Crippen molar-refractivity contribution in [3.05, 3.63) is 47.7 Å². The van der Waals surface area contributed by atoms with Crippen LogP contribution in [0.2, 0.25) is 19.6 Å². The maximum absolute atomic E-state index is 6.35. The Morgan fingerprint density at radius 3 is 2.50 bits per heavy atom. The summed E-state index contributed by atoms with van der Waals surface area (Å²) in [6.45, 7) is 11.2. The van der Waals surface area contributed by atoms with E-state index in [2.05, 4.69) is 37.8 Å². The van der Waals surface area contributed by atoms with Gasteiger partial charge in [0.05, 0.1) is 12.3 Å². The van der Waals surface area contributed by atoms with E-state index in [9.17, 15) is 0 Å². The minimum Gasteiger partial charge on any atom is -0.367 e. The van der Waals surface area contributed by atoms with Crippen molar-refractivity contribution < 1.29 is 18.9 Å². The molecule has 2 fully saturated rings. The molecule has 152 valence electrons. The van der Waals surface area contributed by atoms with Crippen LogP contribution in [0.4, 0.5) is 0 Å². The van der Waals surface area contributed by atoms with E-state index in [0.29, 0.717) is 6.61 Å². The molecule has 0 bridgehead atoms. The van der Waals surface area contributed by atoms with Gasteiger partial charge in [-0.15, -0.1) is 0 Å². The van der Waals surface area contributed by atoms with Gasteiger partial charge in [0.1, 0.15) is 26.4 Å². The molecule has 4 rings (SSSR count). The molecule has 0 aliphatic carbocycles. The van der Waals surface area contributed by atoms with Crippen LogP contribution < -0.4 is 5.32 Å². The largest absolute Gasteiger partial charge is 0.367 e. The molecule has 0 N–H and O–H groups in total. The standard InChI is InChI=1S/C21H30N2O4Si/c1-21(2)26-19-18(24-13-14-10-8-7-9-11-14)17(25-20(19)27-21)15-12-16(22-23(15)3)28(4,5)6/h7-12,17-20H,13H2,1-6H3/t17-,18-,19-,20-/m1/s1. The summed E-state index contributed by atoms with van der Waals surface area (Å²) in [5.74, 6) is -0.676. The van der Waals surface area contributed by atoms with Crippen LogP contribution in [0, 0.1) is 0 Å². The fourth-order valence-corrected chi connectivity index (χ4v) is 4.81. The fraction of sp³-hybridized carbons (Fsp3) is 0.571. The van der Waals surface area contributed by atoms with Crippen LogP contribution in [0.15, 0.2) is 36.4 Å². The predicted molar refractivity (Wildman–Crippen MR) is 109 cm³/mol. The van der Waals surface area contributed by atoms with E-state index in [1.807, 2.05) is 43.8 Å². The van der Waals surface area contributed by atoms with Gasteiger partial charge in [-0.25, -0.2) is 0 Å². The molecule has 28 heavy (non-hydrogen) atoms. The first-order valence-corrected chi connectivity index (χ1v) is 13.4. The monoisotopic (exact) mass is 402 g/mol. The maximum Gasteiger partial charge on any atom is 0.190 e. The van der Waals surface area contributed by atoms with E-state index >= 15 is 0 Å². The third-order valence-corrected chi connectivity index (χ3v) is 7.03. The van der Waals surface area contributed by atoms with Gasteiger partial charge >= 0.3 is 0 Å². The zero-order chi connectivity index (χ0) is 20.1. The Kier molecular flexibility index (Phi) is 5.00. The van der Waals surface area contributed by atoms with Gasteiger partial charge < -0.3 is 18.9 Å². The molecule has 2 aliphatic rings. The van der Waals surface area contributed by atoms with Gasteiger partial charge in [0.15, 0.2) is 12.1 Å². The van der Waals surface area contributed by atoms with Gasteiger partial charge in [-0.1, -0.05) is 50.0 Å². The lowest BCUT2D eigenvalue weighted by atomic mass is 10.1. The average Bonchev–Trinajstić information content (AvgIpc) is 3.23. The maximum atomic E-state index is 6.35. The van der Waals surface area contributed by atoms with Gasteiger partial charge in [-0.2, -0.15) is 5.10 Å². The van der Waals surface area contributed by atoms with Crippen molar-refractivity contribution in [3.8, 4) is 0 Å². The van der Waals surface area contributed by atoms with Crippen molar-refractivity contribution in [1.82, 2.24) is 9.78 Å². The molecular formula is C21H30N2O4Si. The van der Waals surface area contributed by atoms with Crippen molar-refractivity contribution in [2.24, 2.45) is 7.05 Å². The number of fused-ring (bicyclic) bond motifs is 1. The van der Waals surface area contributed by atoms with Crippen LogP contribution in [0.25, 0.3) is 0 Å². The lowest BCUT2D eigenvalue weighted by molar-refractivity contribution is -0.221. The Morgan fingerprint density at radius 2 is 1.86 bits per heavy atom. The Balaban J connectivity index is 1.61. The van der Waals surface area contributed by atoms with Crippen LogP contribution in [0.3, 0.4) is 0 Å². The van der Waals surface area contributed by atoms with Crippen LogP contribution in [-0.4, -0.2) is 42.1 Å². The summed E-state index contributed by atoms with van der Waals surface area (Å²) in [7, 11) is 0.438. The second kappa shape index (κ2) is 7.07. The first kappa shape index (κ1) is 19.8. The number of rotatable bonds is 5. The third kappa shape index (κ3) is 3.82. The Bertz CT molecular complexity index is 831. The van der Waals surface area contributed by atoms with Gasteiger partial charge in [0, 0.05) is 12.4 Å². The average molecular weight is 403 g/mol. The summed E-state index contributed by atoms with van der Waals surface area (Å²) < 4.78 is 26.7. The zero-order valence-electron chi connectivity index (χ0n) is 17.5. The van der Waals surface area contributed by atoms with Crippen molar-refractivity contribution in [3.63, 3.8) is 0 Å². The van der Waals surface area contributed by atoms with E-state index in [1.54, 1.807) is 0 Å². The summed E-state index contributed by atoms with van der Waals surface area (Å²) in [6.07, 6.45) is -1.26. The lowest BCUT2D eigenvalue weighted by Gasteiger charge is -2.26. The topological polar surface area (TPSA) is 54.7 Å². The molecule has 2 aromatic rings. The second-order valence-electron chi connectivity index (χ2n) is 9.11. The summed E-state index contributed by atoms with van der Waals surface area (Å²) in [5.41, 5.74) is 2.13. The van der Waals surface area contributed by atoms with E-state index in [4.69, 9.17) is 24.0 Å².